The van der Waals surface area contributed by atoms with Gasteiger partial charge in [-0.2, -0.15) is 0 Å². The highest BCUT2D eigenvalue weighted by atomic mass is 16.6. The van der Waals surface area contributed by atoms with Crippen LogP contribution in [0.4, 0.5) is 16.2 Å². The van der Waals surface area contributed by atoms with Gasteiger partial charge >= 0.3 is 12.1 Å². The SMILES string of the molecule is CC(C)(C)OC(=O)Nc1cccc(COC(=O)CNc2c3ccccc3nc3ccccc23)c1. The van der Waals surface area contributed by atoms with Crippen LogP contribution >= 0.6 is 0 Å². The first-order valence-corrected chi connectivity index (χ1v) is 11.0. The molecule has 4 rings (SSSR count). The predicted molar refractivity (Wildman–Crippen MR) is 134 cm³/mol. The maximum absolute atomic E-state index is 12.5. The van der Waals surface area contributed by atoms with E-state index < -0.39 is 17.7 Å². The fourth-order valence-corrected chi connectivity index (χ4v) is 3.57. The Morgan fingerprint density at radius 2 is 1.53 bits per heavy atom. The van der Waals surface area contributed by atoms with Crippen molar-refractivity contribution in [1.82, 2.24) is 4.98 Å². The molecule has 3 aromatic carbocycles. The van der Waals surface area contributed by atoms with Crippen LogP contribution < -0.4 is 10.6 Å². The average Bonchev–Trinajstić information content (AvgIpc) is 2.79. The maximum Gasteiger partial charge on any atom is 0.412 e. The molecular formula is C27H27N3O4. The summed E-state index contributed by atoms with van der Waals surface area (Å²) in [4.78, 5) is 29.2. The van der Waals surface area contributed by atoms with Crippen molar-refractivity contribution >= 4 is 45.2 Å². The average molecular weight is 458 g/mol. The van der Waals surface area contributed by atoms with Crippen molar-refractivity contribution in [3.8, 4) is 0 Å². The lowest BCUT2D eigenvalue weighted by Crippen LogP contribution is -2.27. The third-order valence-corrected chi connectivity index (χ3v) is 4.97. The van der Waals surface area contributed by atoms with Crippen LogP contribution in [-0.4, -0.2) is 29.2 Å². The van der Waals surface area contributed by atoms with Gasteiger partial charge in [-0.1, -0.05) is 48.5 Å². The molecular weight excluding hydrogens is 430 g/mol. The van der Waals surface area contributed by atoms with Crippen molar-refractivity contribution in [2.75, 3.05) is 17.2 Å². The molecule has 1 heterocycles. The van der Waals surface area contributed by atoms with Gasteiger partial charge in [-0.05, 0) is 50.6 Å². The molecule has 174 valence electrons. The first-order chi connectivity index (χ1) is 16.3. The topological polar surface area (TPSA) is 89.5 Å². The number of para-hydroxylation sites is 2. The van der Waals surface area contributed by atoms with Gasteiger partial charge in [0.05, 0.1) is 16.7 Å². The van der Waals surface area contributed by atoms with Gasteiger partial charge in [0, 0.05) is 16.5 Å². The summed E-state index contributed by atoms with van der Waals surface area (Å²) in [5, 5.41) is 7.80. The number of hydrogen-bond acceptors (Lipinski definition) is 6. The number of esters is 1. The fourth-order valence-electron chi connectivity index (χ4n) is 3.57. The van der Waals surface area contributed by atoms with Gasteiger partial charge in [-0.3, -0.25) is 10.1 Å². The van der Waals surface area contributed by atoms with Crippen molar-refractivity contribution in [2.45, 2.75) is 33.0 Å². The summed E-state index contributed by atoms with van der Waals surface area (Å²) >= 11 is 0. The summed E-state index contributed by atoms with van der Waals surface area (Å²) in [6, 6.07) is 22.7. The van der Waals surface area contributed by atoms with Crippen LogP contribution in [-0.2, 0) is 20.9 Å². The Kier molecular flexibility index (Phi) is 6.63. The summed E-state index contributed by atoms with van der Waals surface area (Å²) in [7, 11) is 0. The molecule has 2 N–H and O–H groups in total. The zero-order chi connectivity index (χ0) is 24.1. The molecule has 0 unspecified atom stereocenters. The minimum absolute atomic E-state index is 0.00779. The minimum Gasteiger partial charge on any atom is -0.460 e. The van der Waals surface area contributed by atoms with E-state index in [9.17, 15) is 9.59 Å². The van der Waals surface area contributed by atoms with Crippen molar-refractivity contribution < 1.29 is 19.1 Å². The summed E-state index contributed by atoms with van der Waals surface area (Å²) < 4.78 is 10.7. The Morgan fingerprint density at radius 1 is 0.882 bits per heavy atom. The number of hydrogen-bond donors (Lipinski definition) is 2. The van der Waals surface area contributed by atoms with Gasteiger partial charge in [0.25, 0.3) is 0 Å². The molecule has 0 aliphatic rings. The van der Waals surface area contributed by atoms with E-state index in [1.807, 2.05) is 54.6 Å². The molecule has 0 bridgehead atoms. The monoisotopic (exact) mass is 457 g/mol. The molecule has 7 nitrogen and oxygen atoms in total. The second kappa shape index (κ2) is 9.79. The summed E-state index contributed by atoms with van der Waals surface area (Å²) in [6.45, 7) is 5.49. The first kappa shape index (κ1) is 23.0. The van der Waals surface area contributed by atoms with Crippen LogP contribution in [0.2, 0.25) is 0 Å². The van der Waals surface area contributed by atoms with E-state index in [0.717, 1.165) is 33.1 Å². The molecule has 0 saturated carbocycles. The van der Waals surface area contributed by atoms with E-state index in [0.29, 0.717) is 5.69 Å². The van der Waals surface area contributed by atoms with Gasteiger partial charge < -0.3 is 14.8 Å². The number of benzene rings is 3. The molecule has 7 heteroatoms. The Morgan fingerprint density at radius 3 is 2.18 bits per heavy atom. The zero-order valence-electron chi connectivity index (χ0n) is 19.4. The van der Waals surface area contributed by atoms with Gasteiger partial charge in [0.1, 0.15) is 18.8 Å². The number of carbonyl (C=O) groups is 2. The van der Waals surface area contributed by atoms with E-state index in [2.05, 4.69) is 10.6 Å². The quantitative estimate of drug-likeness (QED) is 0.277. The van der Waals surface area contributed by atoms with Gasteiger partial charge in [0.2, 0.25) is 0 Å². The summed E-state index contributed by atoms with van der Waals surface area (Å²) in [6.07, 6.45) is -0.539. The third-order valence-electron chi connectivity index (χ3n) is 4.97. The lowest BCUT2D eigenvalue weighted by Gasteiger charge is -2.19. The summed E-state index contributed by atoms with van der Waals surface area (Å²) in [5.74, 6) is -0.393. The molecule has 0 aliphatic heterocycles. The van der Waals surface area contributed by atoms with E-state index in [1.165, 1.54) is 0 Å². The highest BCUT2D eigenvalue weighted by Crippen LogP contribution is 2.30. The number of anilines is 2. The number of rotatable bonds is 6. The first-order valence-electron chi connectivity index (χ1n) is 11.0. The Labute approximate surface area is 198 Å². The number of carbonyl (C=O) groups excluding carboxylic acids is 2. The predicted octanol–water partition coefficient (Wildman–Crippen LogP) is 5.89. The Balaban J connectivity index is 1.39. The van der Waals surface area contributed by atoms with Crippen molar-refractivity contribution in [2.24, 2.45) is 0 Å². The fraction of sp³-hybridized carbons (Fsp3) is 0.222. The number of nitrogens with zero attached hydrogens (tertiary/aromatic N) is 1. The van der Waals surface area contributed by atoms with Gasteiger partial charge in [-0.25, -0.2) is 9.78 Å². The molecule has 34 heavy (non-hydrogen) atoms. The number of fused-ring (bicyclic) bond motifs is 2. The number of ether oxygens (including phenoxy) is 2. The molecule has 4 aromatic rings. The van der Waals surface area contributed by atoms with Crippen LogP contribution in [0.15, 0.2) is 72.8 Å². The number of pyridine rings is 1. The number of nitrogens with one attached hydrogen (secondary N) is 2. The van der Waals surface area contributed by atoms with Crippen molar-refractivity contribution in [3.63, 3.8) is 0 Å². The second-order valence-corrected chi connectivity index (χ2v) is 8.86. The largest absolute Gasteiger partial charge is 0.460 e. The highest BCUT2D eigenvalue weighted by Gasteiger charge is 2.16. The van der Waals surface area contributed by atoms with Crippen LogP contribution in [0.25, 0.3) is 21.8 Å². The Bertz CT molecular complexity index is 1290. The highest BCUT2D eigenvalue weighted by molar-refractivity contribution is 6.07. The molecule has 0 radical (unpaired) electrons. The van der Waals surface area contributed by atoms with E-state index in [4.69, 9.17) is 14.5 Å². The number of aromatic nitrogens is 1. The van der Waals surface area contributed by atoms with Gasteiger partial charge in [-0.15, -0.1) is 0 Å². The van der Waals surface area contributed by atoms with E-state index in [1.54, 1.807) is 39.0 Å². The molecule has 1 amide bonds. The Hall–Kier alpha value is -4.13. The second-order valence-electron chi connectivity index (χ2n) is 8.86. The van der Waals surface area contributed by atoms with Crippen LogP contribution in [0.5, 0.6) is 0 Å². The van der Waals surface area contributed by atoms with Crippen LogP contribution in [0.1, 0.15) is 26.3 Å². The lowest BCUT2D eigenvalue weighted by molar-refractivity contribution is -0.142. The lowest BCUT2D eigenvalue weighted by atomic mass is 10.1. The van der Waals surface area contributed by atoms with E-state index >= 15 is 0 Å². The number of amides is 1. The smallest absolute Gasteiger partial charge is 0.412 e. The molecule has 1 aromatic heterocycles. The molecule has 0 spiro atoms. The van der Waals surface area contributed by atoms with Crippen molar-refractivity contribution in [3.05, 3.63) is 78.4 Å². The standard InChI is InChI=1S/C27H27N3O4/c1-27(2,3)34-26(32)29-19-10-8-9-18(15-19)17-33-24(31)16-28-25-20-11-4-6-13-22(20)30-23-14-7-5-12-21(23)25/h4-15H,16-17H2,1-3H3,(H,28,30)(H,29,32). The van der Waals surface area contributed by atoms with Gasteiger partial charge in [0.15, 0.2) is 0 Å². The van der Waals surface area contributed by atoms with Crippen LogP contribution in [0, 0.1) is 0 Å². The maximum atomic E-state index is 12.5. The minimum atomic E-state index is -0.588. The van der Waals surface area contributed by atoms with Crippen LogP contribution in [0.3, 0.4) is 0 Å². The normalized spacial score (nSPS) is 11.3. The molecule has 0 fully saturated rings. The third kappa shape index (κ3) is 5.81. The van der Waals surface area contributed by atoms with Crippen molar-refractivity contribution in [1.29, 1.82) is 0 Å². The zero-order valence-corrected chi connectivity index (χ0v) is 19.4. The molecule has 0 atom stereocenters. The molecule has 0 aliphatic carbocycles. The van der Waals surface area contributed by atoms with E-state index in [-0.39, 0.29) is 13.2 Å². The summed E-state index contributed by atoms with van der Waals surface area (Å²) in [5.41, 5.74) is 3.28. The molecule has 0 saturated heterocycles.